The average Bonchev–Trinajstić information content (AvgIpc) is 3.48. The third kappa shape index (κ3) is 4.10. The summed E-state index contributed by atoms with van der Waals surface area (Å²) in [5, 5.41) is 56.5. The highest BCUT2D eigenvalue weighted by molar-refractivity contribution is 6.23. The summed E-state index contributed by atoms with van der Waals surface area (Å²) in [5.41, 5.74) is 3.85. The van der Waals surface area contributed by atoms with Crippen LogP contribution in [0.5, 0.6) is 11.5 Å². The molecule has 11 heteroatoms. The van der Waals surface area contributed by atoms with Gasteiger partial charge in [-0.15, -0.1) is 0 Å². The van der Waals surface area contributed by atoms with Crippen LogP contribution >= 0.6 is 0 Å². The highest BCUT2D eigenvalue weighted by Gasteiger charge is 2.65. The number of nitrogens with zero attached hydrogens (tertiary/aromatic N) is 1. The smallest absolute Gasteiger partial charge is 0.255 e. The first-order valence-corrected chi connectivity index (χ1v) is 14.3. The maximum Gasteiger partial charge on any atom is 0.255 e. The van der Waals surface area contributed by atoms with Gasteiger partial charge in [0.1, 0.15) is 28.6 Å². The Morgan fingerprint density at radius 2 is 1.81 bits per heavy atom. The van der Waals surface area contributed by atoms with E-state index in [1.54, 1.807) is 20.1 Å². The van der Waals surface area contributed by atoms with Gasteiger partial charge in [0, 0.05) is 35.9 Å². The van der Waals surface area contributed by atoms with Gasteiger partial charge in [0.2, 0.25) is 5.78 Å². The Bertz CT molecular complexity index is 1640. The van der Waals surface area contributed by atoms with E-state index in [0.717, 1.165) is 42.8 Å². The molecule has 0 radical (unpaired) electrons. The Morgan fingerprint density at radius 3 is 2.47 bits per heavy atom. The number of fused-ring (bicyclic) bond motifs is 3. The van der Waals surface area contributed by atoms with E-state index in [9.17, 15) is 39.9 Å². The number of rotatable bonds is 5. The van der Waals surface area contributed by atoms with Crippen LogP contribution in [0.25, 0.3) is 16.9 Å². The Balaban J connectivity index is 1.53. The standard InChI is InChI=1S/C32H34N2O9/c1-14-22-17(15-5-8-21(43-2)16(11-15)13-34-9-3-4-10-34)6-7-19(35)24(22)28(38)26-23(14)27(37)18-12-20(36)25(31(33)41)29(39)32(18,42)30(26)40/h5-8,11,14,18,23,27,35,37-39,42H,3-4,9-10,12-13H2,1-2H3,(H2,33,41)/t14-,18+,23+,27+,32+/m0/s1. The maximum atomic E-state index is 13.9. The molecule has 1 saturated heterocycles. The molecule has 2 aromatic carbocycles. The number of carbonyl (C=O) groups excluding carboxylic acids is 3. The van der Waals surface area contributed by atoms with Crippen LogP contribution in [0.1, 0.15) is 48.8 Å². The first-order chi connectivity index (χ1) is 20.4. The second kappa shape index (κ2) is 10.2. The van der Waals surface area contributed by atoms with Crippen molar-refractivity contribution < 1.29 is 44.7 Å². The predicted molar refractivity (Wildman–Crippen MR) is 154 cm³/mol. The number of hydrogen-bond donors (Lipinski definition) is 6. The van der Waals surface area contributed by atoms with Crippen LogP contribution in [-0.2, 0) is 20.9 Å². The number of phenols is 1. The van der Waals surface area contributed by atoms with E-state index in [1.807, 2.05) is 18.2 Å². The zero-order valence-electron chi connectivity index (χ0n) is 23.8. The molecular formula is C32H34N2O9. The number of ketones is 2. The molecular weight excluding hydrogens is 556 g/mol. The van der Waals surface area contributed by atoms with E-state index in [4.69, 9.17) is 10.5 Å². The molecule has 0 spiro atoms. The fourth-order valence-electron chi connectivity index (χ4n) is 7.58. The van der Waals surface area contributed by atoms with Crippen molar-refractivity contribution in [1.82, 2.24) is 4.90 Å². The van der Waals surface area contributed by atoms with Gasteiger partial charge >= 0.3 is 0 Å². The van der Waals surface area contributed by atoms with Gasteiger partial charge < -0.3 is 36.0 Å². The van der Waals surface area contributed by atoms with Gasteiger partial charge in [0.25, 0.3) is 5.91 Å². The molecule has 3 aliphatic carbocycles. The van der Waals surface area contributed by atoms with Crippen molar-refractivity contribution in [2.45, 2.75) is 50.4 Å². The van der Waals surface area contributed by atoms with Crippen LogP contribution in [0.3, 0.4) is 0 Å². The zero-order chi connectivity index (χ0) is 31.0. The molecule has 11 nitrogen and oxygen atoms in total. The Hall–Kier alpha value is -4.19. The fraction of sp³-hybridized carbons (Fsp3) is 0.406. The molecule has 7 N–H and O–H groups in total. The molecule has 1 aliphatic heterocycles. The lowest BCUT2D eigenvalue weighted by Crippen LogP contribution is -2.63. The SMILES string of the molecule is COc1ccc(-c2ccc(O)c3c2[C@H](C)[C@@H]2C(=C3O)C(=O)[C@]3(O)C(O)=C(C(N)=O)C(=O)C[C@@H]3[C@H]2O)cc1CN1CCCC1. The number of aromatic hydroxyl groups is 1. The summed E-state index contributed by atoms with van der Waals surface area (Å²) >= 11 is 0. The van der Waals surface area contributed by atoms with Gasteiger partial charge in [-0.25, -0.2) is 0 Å². The number of methoxy groups -OCH3 is 1. The summed E-state index contributed by atoms with van der Waals surface area (Å²) in [6.45, 7) is 4.37. The van der Waals surface area contributed by atoms with Gasteiger partial charge in [-0.05, 0) is 66.7 Å². The largest absolute Gasteiger partial charge is 0.508 e. The monoisotopic (exact) mass is 590 g/mol. The average molecular weight is 591 g/mol. The van der Waals surface area contributed by atoms with E-state index in [2.05, 4.69) is 4.90 Å². The van der Waals surface area contributed by atoms with Crippen LogP contribution in [0.2, 0.25) is 0 Å². The number of likely N-dealkylation sites (tertiary alicyclic amines) is 1. The lowest BCUT2D eigenvalue weighted by Gasteiger charge is -2.50. The number of nitrogens with two attached hydrogens (primary N) is 1. The van der Waals surface area contributed by atoms with Crippen LogP contribution in [0, 0.1) is 11.8 Å². The number of phenolic OH excluding ortho intramolecular Hbond substituents is 1. The molecule has 0 unspecified atom stereocenters. The highest BCUT2D eigenvalue weighted by atomic mass is 16.5. The van der Waals surface area contributed by atoms with Crippen molar-refractivity contribution in [3.8, 4) is 22.6 Å². The topological polar surface area (TPSA) is 191 Å². The van der Waals surface area contributed by atoms with E-state index in [1.165, 1.54) is 6.07 Å². The van der Waals surface area contributed by atoms with Gasteiger partial charge in [-0.3, -0.25) is 19.3 Å². The third-order valence-corrected chi connectivity index (χ3v) is 9.66. The first-order valence-electron chi connectivity index (χ1n) is 14.3. The summed E-state index contributed by atoms with van der Waals surface area (Å²) in [5.74, 6) is -8.23. The molecule has 6 rings (SSSR count). The molecule has 1 saturated carbocycles. The van der Waals surface area contributed by atoms with Crippen LogP contribution in [0.15, 0.2) is 47.2 Å². The predicted octanol–water partition coefficient (Wildman–Crippen LogP) is 2.23. The molecule has 1 heterocycles. The molecule has 226 valence electrons. The summed E-state index contributed by atoms with van der Waals surface area (Å²) in [7, 11) is 1.61. The van der Waals surface area contributed by atoms with E-state index in [0.29, 0.717) is 17.7 Å². The van der Waals surface area contributed by atoms with Gasteiger partial charge in [0.05, 0.1) is 18.8 Å². The molecule has 2 fully saturated rings. The van der Waals surface area contributed by atoms with Crippen molar-refractivity contribution in [2.24, 2.45) is 17.6 Å². The number of primary amides is 1. The highest BCUT2D eigenvalue weighted by Crippen LogP contribution is 2.57. The number of hydrogen-bond acceptors (Lipinski definition) is 10. The van der Waals surface area contributed by atoms with E-state index < -0.39 is 76.0 Å². The van der Waals surface area contributed by atoms with Crippen molar-refractivity contribution in [1.29, 1.82) is 0 Å². The zero-order valence-corrected chi connectivity index (χ0v) is 23.8. The first kappa shape index (κ1) is 28.9. The Kier molecular flexibility index (Phi) is 6.87. The number of benzene rings is 2. The number of ether oxygens (including phenoxy) is 1. The van der Waals surface area contributed by atoms with Crippen LogP contribution in [-0.4, -0.2) is 79.8 Å². The summed E-state index contributed by atoms with van der Waals surface area (Å²) in [6, 6.07) is 8.80. The molecule has 43 heavy (non-hydrogen) atoms. The Morgan fingerprint density at radius 1 is 1.12 bits per heavy atom. The maximum absolute atomic E-state index is 13.9. The second-order valence-electron chi connectivity index (χ2n) is 11.9. The summed E-state index contributed by atoms with van der Waals surface area (Å²) < 4.78 is 5.62. The summed E-state index contributed by atoms with van der Waals surface area (Å²) in [6.07, 6.45) is 0.0301. The fourth-order valence-corrected chi connectivity index (χ4v) is 7.58. The molecule has 4 aliphatic rings. The number of carbonyl (C=O) groups is 3. The van der Waals surface area contributed by atoms with Crippen molar-refractivity contribution in [3.63, 3.8) is 0 Å². The van der Waals surface area contributed by atoms with Gasteiger partial charge in [0.15, 0.2) is 11.4 Å². The molecule has 5 atom stereocenters. The third-order valence-electron chi connectivity index (χ3n) is 9.66. The van der Waals surface area contributed by atoms with E-state index >= 15 is 0 Å². The summed E-state index contributed by atoms with van der Waals surface area (Å²) in [4.78, 5) is 40.9. The minimum Gasteiger partial charge on any atom is -0.508 e. The van der Waals surface area contributed by atoms with Crippen LogP contribution in [0.4, 0.5) is 0 Å². The quantitative estimate of drug-likeness (QED) is 0.282. The molecule has 0 bridgehead atoms. The lowest BCUT2D eigenvalue weighted by atomic mass is 9.55. The minimum absolute atomic E-state index is 0.0405. The number of amides is 1. The van der Waals surface area contributed by atoms with Crippen molar-refractivity contribution in [3.05, 3.63) is 63.9 Å². The number of aliphatic hydroxyl groups excluding tert-OH is 3. The van der Waals surface area contributed by atoms with E-state index in [-0.39, 0.29) is 11.3 Å². The van der Waals surface area contributed by atoms with Gasteiger partial charge in [-0.2, -0.15) is 0 Å². The molecule has 1 amide bonds. The Labute approximate surface area is 247 Å². The van der Waals surface area contributed by atoms with Gasteiger partial charge in [-0.1, -0.05) is 19.1 Å². The van der Waals surface area contributed by atoms with Crippen molar-refractivity contribution in [2.75, 3.05) is 20.2 Å². The molecule has 2 aromatic rings. The number of Topliss-reactive ketones (excluding diaryl/α,β-unsaturated/α-hetero) is 2. The van der Waals surface area contributed by atoms with Crippen molar-refractivity contribution >= 4 is 23.2 Å². The lowest BCUT2D eigenvalue weighted by molar-refractivity contribution is -0.160. The normalized spacial score (nSPS) is 28.9. The minimum atomic E-state index is -2.87. The van der Waals surface area contributed by atoms with Crippen LogP contribution < -0.4 is 10.5 Å². The number of aliphatic hydroxyl groups is 4. The second-order valence-corrected chi connectivity index (χ2v) is 11.9. The molecule has 0 aromatic heterocycles.